The van der Waals surface area contributed by atoms with Crippen LogP contribution in [-0.2, 0) is 0 Å². The number of benzene rings is 10. The van der Waals surface area contributed by atoms with E-state index in [4.69, 9.17) is 4.42 Å². The monoisotopic (exact) mass is 896 g/mol. The molecule has 0 aliphatic rings. The van der Waals surface area contributed by atoms with E-state index in [1.165, 1.54) is 18.2 Å². The average Bonchev–Trinajstić information content (AvgIpc) is 3.72. The summed E-state index contributed by atoms with van der Waals surface area (Å²) in [5.41, 5.74) is 3.30. The van der Waals surface area contributed by atoms with E-state index in [0.29, 0.717) is 27.5 Å². The van der Waals surface area contributed by atoms with Crippen LogP contribution in [0.2, 0.25) is 0 Å². The zero-order valence-electron chi connectivity index (χ0n) is 34.1. The molecule has 330 valence electrons. The maximum atomic E-state index is 12.0. The summed E-state index contributed by atoms with van der Waals surface area (Å²) in [4.78, 5) is 0. The van der Waals surface area contributed by atoms with Crippen molar-refractivity contribution in [1.29, 1.82) is 0 Å². The van der Waals surface area contributed by atoms with Crippen molar-refractivity contribution < 1.29 is 75.9 Å². The number of phenolic OH excluding ortho intramolecular Hbond substituents is 14. The van der Waals surface area contributed by atoms with E-state index in [1.54, 1.807) is 24.3 Å². The number of rotatable bonds is 4. The minimum absolute atomic E-state index is 0.0162. The molecule has 11 aromatic rings. The summed E-state index contributed by atoms with van der Waals surface area (Å²) >= 11 is 0. The van der Waals surface area contributed by atoms with Gasteiger partial charge in [-0.05, 0) is 73.6 Å². The fraction of sp³-hybridized carbons (Fsp3) is 0. The average molecular weight is 897 g/mol. The summed E-state index contributed by atoms with van der Waals surface area (Å²) in [6.45, 7) is 0. The SMILES string of the molecule is Oc1c(O)c(O)c2c(O)c(-c3c4ccccc4c(-c4ccc(-c5ccc6oc7ccccc7c6c5)cc4)c4cc(-c5c(O)c(O)c(O)c6c(O)c(O)c(O)c(O)c56)ccc34)c(O)c(O)c2c1O. The van der Waals surface area contributed by atoms with Gasteiger partial charge < -0.3 is 75.9 Å². The fourth-order valence-electron chi connectivity index (χ4n) is 9.44. The highest BCUT2D eigenvalue weighted by atomic mass is 16.4. The number of phenols is 14. The molecular formula is C52H32O15. The number of para-hydroxylation sites is 1. The molecular weight excluding hydrogens is 865 g/mol. The second kappa shape index (κ2) is 13.9. The first-order valence-corrected chi connectivity index (χ1v) is 20.2. The van der Waals surface area contributed by atoms with Gasteiger partial charge in [0.05, 0.1) is 21.7 Å². The molecule has 11 rings (SSSR count). The highest BCUT2D eigenvalue weighted by Gasteiger charge is 2.33. The highest BCUT2D eigenvalue weighted by Crippen LogP contribution is 2.63. The Bertz CT molecular complexity index is 4010. The topological polar surface area (TPSA) is 296 Å². The van der Waals surface area contributed by atoms with Crippen LogP contribution in [0.25, 0.3) is 110 Å². The minimum atomic E-state index is -1.24. The number of aromatic hydroxyl groups is 14. The van der Waals surface area contributed by atoms with Crippen LogP contribution in [0.1, 0.15) is 0 Å². The van der Waals surface area contributed by atoms with E-state index in [1.807, 2.05) is 66.7 Å². The minimum Gasteiger partial charge on any atom is -0.506 e. The van der Waals surface area contributed by atoms with Crippen molar-refractivity contribution in [3.05, 3.63) is 109 Å². The second-order valence-electron chi connectivity index (χ2n) is 16.1. The molecule has 0 saturated heterocycles. The van der Waals surface area contributed by atoms with Crippen molar-refractivity contribution in [2.75, 3.05) is 0 Å². The molecule has 0 aliphatic heterocycles. The van der Waals surface area contributed by atoms with Gasteiger partial charge in [-0.2, -0.15) is 0 Å². The summed E-state index contributed by atoms with van der Waals surface area (Å²) < 4.78 is 6.03. The van der Waals surface area contributed by atoms with Gasteiger partial charge in [-0.3, -0.25) is 0 Å². The first-order chi connectivity index (χ1) is 32.1. The Hall–Kier alpha value is -9.76. The van der Waals surface area contributed by atoms with E-state index in [-0.39, 0.29) is 21.9 Å². The van der Waals surface area contributed by atoms with Crippen LogP contribution in [0.4, 0.5) is 0 Å². The van der Waals surface area contributed by atoms with Crippen LogP contribution < -0.4 is 0 Å². The van der Waals surface area contributed by atoms with Crippen LogP contribution in [0, 0.1) is 0 Å². The van der Waals surface area contributed by atoms with Crippen molar-refractivity contribution in [2.24, 2.45) is 0 Å². The predicted molar refractivity (Wildman–Crippen MR) is 249 cm³/mol. The Balaban J connectivity index is 1.25. The summed E-state index contributed by atoms with van der Waals surface area (Å²) in [5, 5.41) is 155. The Morgan fingerprint density at radius 1 is 0.224 bits per heavy atom. The first kappa shape index (κ1) is 40.0. The summed E-state index contributed by atoms with van der Waals surface area (Å²) in [6, 6.07) is 32.0. The van der Waals surface area contributed by atoms with Crippen LogP contribution in [0.5, 0.6) is 80.5 Å². The third kappa shape index (κ3) is 5.33. The van der Waals surface area contributed by atoms with Gasteiger partial charge in [-0.15, -0.1) is 0 Å². The third-order valence-electron chi connectivity index (χ3n) is 12.6. The lowest BCUT2D eigenvalue weighted by Crippen LogP contribution is -1.94. The number of furan rings is 1. The van der Waals surface area contributed by atoms with Crippen molar-refractivity contribution in [2.45, 2.75) is 0 Å². The van der Waals surface area contributed by atoms with E-state index < -0.39 is 113 Å². The summed E-state index contributed by atoms with van der Waals surface area (Å²) in [7, 11) is 0. The molecule has 0 atom stereocenters. The van der Waals surface area contributed by atoms with Crippen LogP contribution in [0.15, 0.2) is 114 Å². The standard InChI is InChI=1S/C52H32O15/c53-39-35(42(56)43(57)38-37(39)46(60)51(65)52(66)47(38)61)33-25-7-2-1-6-24(25)31(20-11-9-19(10-12-20)21-14-16-30-27(17-21)23-5-3-4-8-29(23)67-30)28-18-22(13-15-26(28)33)32-34-36(44(58)48(62)40(32)54)45(59)50(64)49(63)41(34)55/h1-18,53-66H. The summed E-state index contributed by atoms with van der Waals surface area (Å²) in [6.07, 6.45) is 0. The normalized spacial score (nSPS) is 11.8. The first-order valence-electron chi connectivity index (χ1n) is 20.2. The van der Waals surface area contributed by atoms with E-state index >= 15 is 0 Å². The van der Waals surface area contributed by atoms with Crippen LogP contribution >= 0.6 is 0 Å². The molecule has 14 N–H and O–H groups in total. The largest absolute Gasteiger partial charge is 0.506 e. The van der Waals surface area contributed by atoms with Gasteiger partial charge in [0.15, 0.2) is 46.0 Å². The Kier molecular flexibility index (Phi) is 8.29. The summed E-state index contributed by atoms with van der Waals surface area (Å²) in [5.74, 6) is -15.7. The van der Waals surface area contributed by atoms with Gasteiger partial charge in [0, 0.05) is 27.3 Å². The molecule has 0 unspecified atom stereocenters. The fourth-order valence-corrected chi connectivity index (χ4v) is 9.44. The lowest BCUT2D eigenvalue weighted by atomic mass is 9.83. The van der Waals surface area contributed by atoms with E-state index in [0.717, 1.165) is 27.5 Å². The molecule has 0 spiro atoms. The van der Waals surface area contributed by atoms with Gasteiger partial charge >= 0.3 is 0 Å². The Labute approximate surface area is 374 Å². The molecule has 0 amide bonds. The van der Waals surface area contributed by atoms with Crippen molar-refractivity contribution in [3.63, 3.8) is 0 Å². The number of fused-ring (bicyclic) bond motifs is 7. The molecule has 0 saturated carbocycles. The molecule has 0 fully saturated rings. The molecule has 67 heavy (non-hydrogen) atoms. The maximum Gasteiger partial charge on any atom is 0.205 e. The Morgan fingerprint density at radius 3 is 1.25 bits per heavy atom. The Morgan fingerprint density at radius 2 is 0.627 bits per heavy atom. The molecule has 15 nitrogen and oxygen atoms in total. The predicted octanol–water partition coefficient (Wildman–Crippen LogP) is 10.7. The molecule has 0 bridgehead atoms. The van der Waals surface area contributed by atoms with E-state index in [2.05, 4.69) is 0 Å². The molecule has 15 heteroatoms. The van der Waals surface area contributed by atoms with Gasteiger partial charge in [0.2, 0.25) is 28.7 Å². The van der Waals surface area contributed by atoms with Crippen molar-refractivity contribution in [1.82, 2.24) is 0 Å². The molecule has 0 aliphatic carbocycles. The number of hydrogen-bond acceptors (Lipinski definition) is 15. The molecule has 0 radical (unpaired) electrons. The number of hydrogen-bond donors (Lipinski definition) is 14. The van der Waals surface area contributed by atoms with Crippen molar-refractivity contribution >= 4 is 65.0 Å². The van der Waals surface area contributed by atoms with Crippen LogP contribution in [0.3, 0.4) is 0 Å². The van der Waals surface area contributed by atoms with Gasteiger partial charge in [0.1, 0.15) is 16.9 Å². The van der Waals surface area contributed by atoms with Gasteiger partial charge in [-0.25, -0.2) is 0 Å². The maximum absolute atomic E-state index is 12.0. The van der Waals surface area contributed by atoms with Crippen LogP contribution in [-0.4, -0.2) is 71.5 Å². The highest BCUT2D eigenvalue weighted by molar-refractivity contribution is 6.25. The third-order valence-corrected chi connectivity index (χ3v) is 12.6. The zero-order valence-corrected chi connectivity index (χ0v) is 34.1. The smallest absolute Gasteiger partial charge is 0.205 e. The molecule has 1 heterocycles. The van der Waals surface area contributed by atoms with Gasteiger partial charge in [0.25, 0.3) is 0 Å². The van der Waals surface area contributed by atoms with E-state index in [9.17, 15) is 71.5 Å². The van der Waals surface area contributed by atoms with Gasteiger partial charge in [-0.1, -0.05) is 84.9 Å². The zero-order chi connectivity index (χ0) is 47.1. The van der Waals surface area contributed by atoms with Crippen molar-refractivity contribution in [3.8, 4) is 125 Å². The lowest BCUT2D eigenvalue weighted by molar-refractivity contribution is 0.347. The molecule has 1 aromatic heterocycles. The lowest BCUT2D eigenvalue weighted by Gasteiger charge is -2.22. The molecule has 10 aromatic carbocycles. The second-order valence-corrected chi connectivity index (χ2v) is 16.1. The quantitative estimate of drug-likeness (QED) is 0.0444.